The van der Waals surface area contributed by atoms with E-state index in [-0.39, 0.29) is 5.91 Å². The van der Waals surface area contributed by atoms with Gasteiger partial charge < -0.3 is 4.57 Å². The number of amides is 1. The van der Waals surface area contributed by atoms with Crippen molar-refractivity contribution in [2.24, 2.45) is 4.99 Å². The Kier molecular flexibility index (Phi) is 5.76. The summed E-state index contributed by atoms with van der Waals surface area (Å²) in [5.41, 5.74) is 1.08. The van der Waals surface area contributed by atoms with E-state index >= 15 is 0 Å². The standard InChI is InChI=1S/C18H17ClN2OS2/c1-2-10-21-15-9-8-13(19)11-16(15)24-18(21)20-17(22)12-23-14-6-4-3-5-7-14/h3-9,11H,2,10,12H2,1H3. The van der Waals surface area contributed by atoms with Gasteiger partial charge in [0.1, 0.15) is 0 Å². The SMILES string of the molecule is CCCn1c(=NC(=O)CSc2ccccc2)sc2cc(Cl)ccc21. The van der Waals surface area contributed by atoms with E-state index in [1.807, 2.05) is 48.5 Å². The summed E-state index contributed by atoms with van der Waals surface area (Å²) in [4.78, 5) is 18.4. The number of thiazole rings is 1. The number of carbonyl (C=O) groups is 1. The number of halogens is 1. The number of nitrogens with zero attached hydrogens (tertiary/aromatic N) is 2. The number of aromatic nitrogens is 1. The highest BCUT2D eigenvalue weighted by Crippen LogP contribution is 2.22. The predicted octanol–water partition coefficient (Wildman–Crippen LogP) is 4.99. The van der Waals surface area contributed by atoms with Crippen LogP contribution in [-0.4, -0.2) is 16.2 Å². The quantitative estimate of drug-likeness (QED) is 0.588. The molecule has 0 aliphatic rings. The van der Waals surface area contributed by atoms with Gasteiger partial charge in [-0.25, -0.2) is 0 Å². The maximum atomic E-state index is 12.3. The van der Waals surface area contributed by atoms with Gasteiger partial charge in [-0.3, -0.25) is 4.79 Å². The lowest BCUT2D eigenvalue weighted by molar-refractivity contribution is -0.115. The molecular formula is C18H17ClN2OS2. The maximum absolute atomic E-state index is 12.3. The summed E-state index contributed by atoms with van der Waals surface area (Å²) < 4.78 is 3.15. The summed E-state index contributed by atoms with van der Waals surface area (Å²) in [6, 6.07) is 15.7. The summed E-state index contributed by atoms with van der Waals surface area (Å²) in [7, 11) is 0. The predicted molar refractivity (Wildman–Crippen MR) is 103 cm³/mol. The van der Waals surface area contributed by atoms with Gasteiger partial charge in [0, 0.05) is 16.5 Å². The van der Waals surface area contributed by atoms with E-state index in [1.165, 1.54) is 23.1 Å². The number of aryl methyl sites for hydroxylation is 1. The lowest BCUT2D eigenvalue weighted by Crippen LogP contribution is -2.17. The highest BCUT2D eigenvalue weighted by Gasteiger charge is 2.08. The summed E-state index contributed by atoms with van der Waals surface area (Å²) in [5, 5.41) is 0.699. The van der Waals surface area contributed by atoms with Crippen molar-refractivity contribution in [3.63, 3.8) is 0 Å². The van der Waals surface area contributed by atoms with Gasteiger partial charge in [-0.05, 0) is 36.8 Å². The number of carbonyl (C=O) groups excluding carboxylic acids is 1. The van der Waals surface area contributed by atoms with Crippen molar-refractivity contribution in [2.75, 3.05) is 5.75 Å². The Morgan fingerprint density at radius 1 is 1.25 bits per heavy atom. The van der Waals surface area contributed by atoms with Crippen molar-refractivity contribution in [2.45, 2.75) is 24.8 Å². The molecule has 1 amide bonds. The second kappa shape index (κ2) is 8.01. The minimum atomic E-state index is -0.119. The fraction of sp³-hybridized carbons (Fsp3) is 0.222. The van der Waals surface area contributed by atoms with Crippen LogP contribution in [0.1, 0.15) is 13.3 Å². The van der Waals surface area contributed by atoms with Gasteiger partial charge in [0.15, 0.2) is 4.80 Å². The molecule has 0 fully saturated rings. The Labute approximate surface area is 154 Å². The molecule has 0 aliphatic heterocycles. The molecule has 1 aromatic heterocycles. The van der Waals surface area contributed by atoms with Crippen molar-refractivity contribution in [1.29, 1.82) is 0 Å². The zero-order chi connectivity index (χ0) is 16.9. The van der Waals surface area contributed by atoms with E-state index in [0.29, 0.717) is 10.8 Å². The molecular weight excluding hydrogens is 360 g/mol. The van der Waals surface area contributed by atoms with E-state index in [2.05, 4.69) is 16.5 Å². The molecule has 0 bridgehead atoms. The largest absolute Gasteiger partial charge is 0.316 e. The van der Waals surface area contributed by atoms with Crippen LogP contribution < -0.4 is 4.80 Å². The highest BCUT2D eigenvalue weighted by molar-refractivity contribution is 8.00. The first kappa shape index (κ1) is 17.3. The molecule has 2 aromatic carbocycles. The van der Waals surface area contributed by atoms with Crippen LogP contribution in [0.15, 0.2) is 58.4 Å². The van der Waals surface area contributed by atoms with Crippen LogP contribution in [-0.2, 0) is 11.3 Å². The van der Waals surface area contributed by atoms with Crippen LogP contribution in [0, 0.1) is 0 Å². The molecule has 0 saturated carbocycles. The molecule has 1 heterocycles. The Hall–Kier alpha value is -1.56. The molecule has 0 aliphatic carbocycles. The fourth-order valence-corrected chi connectivity index (χ4v) is 4.43. The molecule has 0 saturated heterocycles. The van der Waals surface area contributed by atoms with Crippen LogP contribution in [0.25, 0.3) is 10.2 Å². The molecule has 6 heteroatoms. The number of fused-ring (bicyclic) bond motifs is 1. The third-order valence-corrected chi connectivity index (χ3v) is 5.69. The topological polar surface area (TPSA) is 34.4 Å². The number of thioether (sulfide) groups is 1. The minimum Gasteiger partial charge on any atom is -0.316 e. The zero-order valence-electron chi connectivity index (χ0n) is 13.2. The molecule has 124 valence electrons. The first-order valence-electron chi connectivity index (χ1n) is 7.71. The van der Waals surface area contributed by atoms with Gasteiger partial charge >= 0.3 is 0 Å². The third kappa shape index (κ3) is 4.09. The van der Waals surface area contributed by atoms with Crippen LogP contribution in [0.5, 0.6) is 0 Å². The number of hydrogen-bond acceptors (Lipinski definition) is 3. The molecule has 0 N–H and O–H groups in total. The van der Waals surface area contributed by atoms with Crippen molar-refractivity contribution in [3.05, 3.63) is 58.4 Å². The van der Waals surface area contributed by atoms with Crippen LogP contribution in [0.2, 0.25) is 5.02 Å². The average molecular weight is 377 g/mol. The Balaban J connectivity index is 1.88. The van der Waals surface area contributed by atoms with Gasteiger partial charge in [-0.2, -0.15) is 4.99 Å². The first-order chi connectivity index (χ1) is 11.7. The van der Waals surface area contributed by atoms with E-state index < -0.39 is 0 Å². The monoisotopic (exact) mass is 376 g/mol. The van der Waals surface area contributed by atoms with Gasteiger partial charge in [0.05, 0.1) is 16.0 Å². The Morgan fingerprint density at radius 3 is 2.79 bits per heavy atom. The molecule has 24 heavy (non-hydrogen) atoms. The van der Waals surface area contributed by atoms with E-state index in [4.69, 9.17) is 11.6 Å². The second-order valence-corrected chi connectivity index (χ2v) is 7.75. The van der Waals surface area contributed by atoms with Gasteiger partial charge in [0.25, 0.3) is 5.91 Å². The first-order valence-corrected chi connectivity index (χ1v) is 9.89. The second-order valence-electron chi connectivity index (χ2n) is 5.26. The summed E-state index contributed by atoms with van der Waals surface area (Å²) in [6.45, 7) is 2.95. The highest BCUT2D eigenvalue weighted by atomic mass is 35.5. The number of rotatable bonds is 5. The molecule has 0 atom stereocenters. The van der Waals surface area contributed by atoms with Crippen LogP contribution >= 0.6 is 34.7 Å². The molecule has 0 radical (unpaired) electrons. The Bertz CT molecular complexity index is 916. The molecule has 0 unspecified atom stereocenters. The molecule has 3 aromatic rings. The minimum absolute atomic E-state index is 0.119. The lowest BCUT2D eigenvalue weighted by atomic mass is 10.3. The van der Waals surface area contributed by atoms with Crippen molar-refractivity contribution >= 4 is 50.8 Å². The van der Waals surface area contributed by atoms with Crippen molar-refractivity contribution in [3.8, 4) is 0 Å². The van der Waals surface area contributed by atoms with E-state index in [1.54, 1.807) is 0 Å². The van der Waals surface area contributed by atoms with Gasteiger partial charge in [0.2, 0.25) is 0 Å². The molecule has 0 spiro atoms. The van der Waals surface area contributed by atoms with E-state index in [0.717, 1.165) is 32.9 Å². The fourth-order valence-electron chi connectivity index (χ4n) is 2.37. The third-order valence-electron chi connectivity index (χ3n) is 3.42. The van der Waals surface area contributed by atoms with Crippen molar-refractivity contribution in [1.82, 2.24) is 4.57 Å². The average Bonchev–Trinajstić information content (AvgIpc) is 2.91. The number of benzene rings is 2. The lowest BCUT2D eigenvalue weighted by Gasteiger charge is -2.02. The summed E-state index contributed by atoms with van der Waals surface area (Å²) >= 11 is 9.09. The van der Waals surface area contributed by atoms with Gasteiger partial charge in [-0.1, -0.05) is 48.1 Å². The van der Waals surface area contributed by atoms with E-state index in [9.17, 15) is 4.79 Å². The molecule has 3 rings (SSSR count). The zero-order valence-corrected chi connectivity index (χ0v) is 15.6. The number of hydrogen-bond donors (Lipinski definition) is 0. The summed E-state index contributed by atoms with van der Waals surface area (Å²) in [5.74, 6) is 0.219. The molecule has 3 nitrogen and oxygen atoms in total. The van der Waals surface area contributed by atoms with Crippen LogP contribution in [0.4, 0.5) is 0 Å². The normalized spacial score (nSPS) is 12.0. The maximum Gasteiger partial charge on any atom is 0.258 e. The van der Waals surface area contributed by atoms with Crippen LogP contribution in [0.3, 0.4) is 0 Å². The van der Waals surface area contributed by atoms with Gasteiger partial charge in [-0.15, -0.1) is 11.8 Å². The smallest absolute Gasteiger partial charge is 0.258 e. The summed E-state index contributed by atoms with van der Waals surface area (Å²) in [6.07, 6.45) is 0.981. The Morgan fingerprint density at radius 2 is 2.04 bits per heavy atom. The van der Waals surface area contributed by atoms with Crippen molar-refractivity contribution < 1.29 is 4.79 Å².